The van der Waals surface area contributed by atoms with Crippen molar-refractivity contribution in [3.63, 3.8) is 0 Å². The van der Waals surface area contributed by atoms with Gasteiger partial charge in [0.1, 0.15) is 0 Å². The van der Waals surface area contributed by atoms with E-state index < -0.39 is 0 Å². The van der Waals surface area contributed by atoms with Gasteiger partial charge in [-0.1, -0.05) is 115 Å². The minimum absolute atomic E-state index is 0.264. The fourth-order valence-electron chi connectivity index (χ4n) is 6.02. The number of aryl methyl sites for hydroxylation is 1. The van der Waals surface area contributed by atoms with E-state index >= 15 is 0 Å². The van der Waals surface area contributed by atoms with Gasteiger partial charge in [0.2, 0.25) is 0 Å². The third-order valence-electron chi connectivity index (χ3n) is 7.38. The monoisotopic (exact) mass is 406 g/mol. The van der Waals surface area contributed by atoms with Gasteiger partial charge in [-0.05, 0) is 68.6 Å². The predicted molar refractivity (Wildman–Crippen MR) is 133 cm³/mol. The van der Waals surface area contributed by atoms with Gasteiger partial charge in [0, 0.05) is 0 Å². The second-order valence-corrected chi connectivity index (χ2v) is 9.01. The van der Waals surface area contributed by atoms with Gasteiger partial charge in [0.05, 0.1) is 5.41 Å². The summed E-state index contributed by atoms with van der Waals surface area (Å²) in [5.41, 5.74) is 14.6. The Balaban J connectivity index is 1.61. The van der Waals surface area contributed by atoms with Crippen LogP contribution in [0.5, 0.6) is 0 Å². The lowest BCUT2D eigenvalue weighted by atomic mass is 9.70. The highest BCUT2D eigenvalue weighted by atomic mass is 14.5. The molecule has 0 fully saturated rings. The van der Waals surface area contributed by atoms with Crippen LogP contribution in [0.25, 0.3) is 33.4 Å². The first-order valence-corrected chi connectivity index (χ1v) is 11.3. The Hall–Kier alpha value is -3.90. The Morgan fingerprint density at radius 2 is 0.844 bits per heavy atom. The third kappa shape index (κ3) is 2.12. The van der Waals surface area contributed by atoms with Crippen LogP contribution in [0.4, 0.5) is 0 Å². The van der Waals surface area contributed by atoms with Crippen LogP contribution in [0.2, 0.25) is 0 Å². The molecule has 0 heterocycles. The van der Waals surface area contributed by atoms with Crippen molar-refractivity contribution in [2.75, 3.05) is 0 Å². The minimum atomic E-state index is -0.264. The maximum absolute atomic E-state index is 2.44. The number of fused-ring (bicyclic) bond motifs is 10. The molecular weight excluding hydrogens is 384 g/mol. The Kier molecular flexibility index (Phi) is 3.50. The van der Waals surface area contributed by atoms with Crippen molar-refractivity contribution in [3.05, 3.63) is 143 Å². The second kappa shape index (κ2) is 6.31. The summed E-state index contributed by atoms with van der Waals surface area (Å²) in [7, 11) is 0. The van der Waals surface area contributed by atoms with Crippen molar-refractivity contribution in [1.82, 2.24) is 0 Å². The van der Waals surface area contributed by atoms with Gasteiger partial charge in [-0.3, -0.25) is 0 Å². The molecule has 0 unspecified atom stereocenters. The zero-order chi connectivity index (χ0) is 21.3. The van der Waals surface area contributed by atoms with E-state index in [2.05, 4.69) is 122 Å². The van der Waals surface area contributed by atoms with Crippen molar-refractivity contribution in [2.24, 2.45) is 0 Å². The van der Waals surface area contributed by atoms with E-state index in [1.54, 1.807) is 0 Å². The highest BCUT2D eigenvalue weighted by Gasteiger charge is 2.51. The van der Waals surface area contributed by atoms with E-state index in [1.807, 2.05) is 0 Å². The van der Waals surface area contributed by atoms with E-state index in [-0.39, 0.29) is 5.41 Å². The molecule has 0 bridgehead atoms. The van der Waals surface area contributed by atoms with E-state index in [1.165, 1.54) is 61.2 Å². The Labute approximate surface area is 188 Å². The van der Waals surface area contributed by atoms with Crippen LogP contribution in [0, 0.1) is 6.92 Å². The summed E-state index contributed by atoms with van der Waals surface area (Å²) in [5.74, 6) is 0. The van der Waals surface area contributed by atoms with Gasteiger partial charge in [-0.25, -0.2) is 0 Å². The molecule has 2 aliphatic rings. The van der Waals surface area contributed by atoms with E-state index in [0.717, 1.165) is 0 Å². The molecule has 32 heavy (non-hydrogen) atoms. The normalized spacial score (nSPS) is 14.0. The third-order valence-corrected chi connectivity index (χ3v) is 7.38. The van der Waals surface area contributed by atoms with E-state index in [9.17, 15) is 0 Å². The van der Waals surface area contributed by atoms with E-state index in [0.29, 0.717) is 0 Å². The van der Waals surface area contributed by atoms with Crippen LogP contribution < -0.4 is 0 Å². The summed E-state index contributed by atoms with van der Waals surface area (Å²) in [6.45, 7) is 2.14. The summed E-state index contributed by atoms with van der Waals surface area (Å²) in [5, 5.41) is 0. The maximum Gasteiger partial charge on any atom is 0.0725 e. The molecule has 0 atom stereocenters. The molecule has 0 aliphatic heterocycles. The average molecular weight is 407 g/mol. The number of rotatable bonds is 1. The molecule has 0 heteroatoms. The Morgan fingerprint density at radius 1 is 0.406 bits per heavy atom. The molecule has 150 valence electrons. The first-order chi connectivity index (χ1) is 15.8. The summed E-state index contributed by atoms with van der Waals surface area (Å²) in [6, 6.07) is 42.9. The fourth-order valence-corrected chi connectivity index (χ4v) is 6.02. The topological polar surface area (TPSA) is 0 Å². The molecular formula is C32H22. The van der Waals surface area contributed by atoms with Crippen LogP contribution in [0.3, 0.4) is 0 Å². The van der Waals surface area contributed by atoms with Gasteiger partial charge >= 0.3 is 0 Å². The molecule has 7 rings (SSSR count). The molecule has 5 aromatic carbocycles. The summed E-state index contributed by atoms with van der Waals surface area (Å²) < 4.78 is 0. The van der Waals surface area contributed by atoms with Crippen molar-refractivity contribution in [2.45, 2.75) is 12.3 Å². The van der Waals surface area contributed by atoms with E-state index in [4.69, 9.17) is 0 Å². The lowest BCUT2D eigenvalue weighted by Crippen LogP contribution is -2.25. The van der Waals surface area contributed by atoms with Crippen molar-refractivity contribution in [1.29, 1.82) is 0 Å². The van der Waals surface area contributed by atoms with Crippen LogP contribution in [0.1, 0.15) is 27.8 Å². The van der Waals surface area contributed by atoms with Crippen LogP contribution in [0.15, 0.2) is 115 Å². The number of benzene rings is 5. The first kappa shape index (κ1) is 17.7. The summed E-state index contributed by atoms with van der Waals surface area (Å²) in [6.07, 6.45) is 0. The highest BCUT2D eigenvalue weighted by Crippen LogP contribution is 2.62. The molecule has 5 aromatic rings. The standard InChI is InChI=1S/C32H22/c1-21-14-16-22(17-15-21)23-18-19-27-26-10-4-7-13-30(26)32(31(27)20-23)28-11-5-2-8-24(28)25-9-3-6-12-29(25)32/h2-20H,1H3. The molecule has 0 saturated heterocycles. The molecule has 0 saturated carbocycles. The molecule has 0 N–H and O–H groups in total. The summed E-state index contributed by atoms with van der Waals surface area (Å²) >= 11 is 0. The van der Waals surface area contributed by atoms with Crippen molar-refractivity contribution in [3.8, 4) is 33.4 Å². The molecule has 0 nitrogen and oxygen atoms in total. The molecule has 0 aromatic heterocycles. The number of hydrogen-bond donors (Lipinski definition) is 0. The van der Waals surface area contributed by atoms with Gasteiger partial charge in [-0.2, -0.15) is 0 Å². The second-order valence-electron chi connectivity index (χ2n) is 9.01. The summed E-state index contributed by atoms with van der Waals surface area (Å²) in [4.78, 5) is 0. The van der Waals surface area contributed by atoms with Crippen molar-refractivity contribution >= 4 is 0 Å². The van der Waals surface area contributed by atoms with Gasteiger partial charge in [0.25, 0.3) is 0 Å². The Bertz CT molecular complexity index is 1460. The molecule has 2 aliphatic carbocycles. The van der Waals surface area contributed by atoms with Gasteiger partial charge in [0.15, 0.2) is 0 Å². The van der Waals surface area contributed by atoms with Crippen molar-refractivity contribution < 1.29 is 0 Å². The minimum Gasteiger partial charge on any atom is -0.0619 e. The van der Waals surface area contributed by atoms with Crippen LogP contribution in [-0.2, 0) is 5.41 Å². The van der Waals surface area contributed by atoms with Crippen LogP contribution in [-0.4, -0.2) is 0 Å². The fraction of sp³-hybridized carbons (Fsp3) is 0.0625. The molecule has 0 radical (unpaired) electrons. The largest absolute Gasteiger partial charge is 0.0725 e. The number of hydrogen-bond acceptors (Lipinski definition) is 0. The van der Waals surface area contributed by atoms with Crippen LogP contribution >= 0.6 is 0 Å². The van der Waals surface area contributed by atoms with Gasteiger partial charge in [-0.15, -0.1) is 0 Å². The molecule has 0 amide bonds. The zero-order valence-corrected chi connectivity index (χ0v) is 18.0. The molecule has 1 spiro atoms. The SMILES string of the molecule is Cc1ccc(-c2ccc3c(c2)C2(c4ccccc4-c4ccccc42)c2ccccc2-3)cc1. The Morgan fingerprint density at radius 3 is 1.38 bits per heavy atom. The maximum atomic E-state index is 2.44. The lowest BCUT2D eigenvalue weighted by molar-refractivity contribution is 0.794. The zero-order valence-electron chi connectivity index (χ0n) is 18.0. The quantitative estimate of drug-likeness (QED) is 0.259. The average Bonchev–Trinajstić information content (AvgIpc) is 3.32. The van der Waals surface area contributed by atoms with Gasteiger partial charge < -0.3 is 0 Å². The first-order valence-electron chi connectivity index (χ1n) is 11.3. The lowest BCUT2D eigenvalue weighted by Gasteiger charge is -2.30. The smallest absolute Gasteiger partial charge is 0.0619 e. The predicted octanol–water partition coefficient (Wildman–Crippen LogP) is 8.01. The highest BCUT2D eigenvalue weighted by molar-refractivity contribution is 5.95.